The molecule has 1 N–H and O–H groups in total. The van der Waals surface area contributed by atoms with E-state index in [1.165, 1.54) is 6.07 Å². The van der Waals surface area contributed by atoms with E-state index in [0.717, 1.165) is 18.2 Å². The number of alkyl halides is 6. The number of anilines is 2. The lowest BCUT2D eigenvalue weighted by Crippen LogP contribution is -2.07. The lowest BCUT2D eigenvalue weighted by molar-refractivity contribution is -0.384. The van der Waals surface area contributed by atoms with Gasteiger partial charge in [-0.15, -0.1) is 0 Å². The Hall–Kier alpha value is -2.78. The molecule has 0 fully saturated rings. The minimum Gasteiger partial charge on any atom is -0.350 e. The van der Waals surface area contributed by atoms with Gasteiger partial charge < -0.3 is 5.32 Å². The summed E-state index contributed by atoms with van der Waals surface area (Å²) < 4.78 is 75.7. The first-order valence-electron chi connectivity index (χ1n) is 6.28. The summed E-state index contributed by atoms with van der Waals surface area (Å²) in [5, 5.41) is 13.3. The van der Waals surface area contributed by atoms with Gasteiger partial charge in [0.15, 0.2) is 0 Å². The summed E-state index contributed by atoms with van der Waals surface area (Å²) in [4.78, 5) is 9.89. The summed E-state index contributed by atoms with van der Waals surface area (Å²) in [5.41, 5.74) is -3.63. The molecule has 128 valence electrons. The van der Waals surface area contributed by atoms with E-state index < -0.39 is 34.1 Å². The first-order chi connectivity index (χ1) is 11.0. The Morgan fingerprint density at radius 1 is 0.875 bits per heavy atom. The molecule has 0 saturated heterocycles. The van der Waals surface area contributed by atoms with E-state index in [1.807, 2.05) is 0 Å². The molecule has 24 heavy (non-hydrogen) atoms. The second-order valence-corrected chi connectivity index (χ2v) is 4.69. The first-order valence-corrected chi connectivity index (χ1v) is 6.28. The van der Waals surface area contributed by atoms with Gasteiger partial charge in [-0.05, 0) is 30.3 Å². The molecule has 0 atom stereocenters. The van der Waals surface area contributed by atoms with Crippen molar-refractivity contribution < 1.29 is 31.3 Å². The average molecular weight is 350 g/mol. The van der Waals surface area contributed by atoms with Crippen LogP contribution in [0.4, 0.5) is 43.4 Å². The van der Waals surface area contributed by atoms with Gasteiger partial charge in [-0.2, -0.15) is 26.3 Å². The number of nitrogens with zero attached hydrogens (tertiary/aromatic N) is 1. The summed E-state index contributed by atoms with van der Waals surface area (Å²) in [7, 11) is 0. The fourth-order valence-corrected chi connectivity index (χ4v) is 1.89. The van der Waals surface area contributed by atoms with Crippen LogP contribution in [0.2, 0.25) is 0 Å². The van der Waals surface area contributed by atoms with Crippen LogP contribution in [-0.2, 0) is 12.4 Å². The Morgan fingerprint density at radius 3 is 2.00 bits per heavy atom. The molecule has 0 spiro atoms. The SMILES string of the molecule is O=[N+]([O-])c1cc(C(F)(F)F)ccc1Nc1cccc(C(F)(F)F)c1. The molecule has 0 aromatic heterocycles. The fourth-order valence-electron chi connectivity index (χ4n) is 1.89. The van der Waals surface area contributed by atoms with Crippen LogP contribution in [-0.4, -0.2) is 4.92 Å². The smallest absolute Gasteiger partial charge is 0.350 e. The minimum absolute atomic E-state index is 0.146. The molecule has 2 rings (SSSR count). The molecule has 0 amide bonds. The zero-order valence-corrected chi connectivity index (χ0v) is 11.6. The highest BCUT2D eigenvalue weighted by molar-refractivity contribution is 5.70. The Kier molecular flexibility index (Phi) is 4.41. The normalized spacial score (nSPS) is 12.1. The zero-order chi connectivity index (χ0) is 18.1. The molecule has 4 nitrogen and oxygen atoms in total. The topological polar surface area (TPSA) is 55.2 Å². The van der Waals surface area contributed by atoms with Crippen molar-refractivity contribution >= 4 is 17.1 Å². The lowest BCUT2D eigenvalue weighted by atomic mass is 10.1. The third-order valence-corrected chi connectivity index (χ3v) is 2.99. The van der Waals surface area contributed by atoms with Crippen LogP contribution in [0.3, 0.4) is 0 Å². The van der Waals surface area contributed by atoms with Crippen molar-refractivity contribution in [2.75, 3.05) is 5.32 Å². The molecule has 0 heterocycles. The van der Waals surface area contributed by atoms with Gasteiger partial charge in [0.2, 0.25) is 0 Å². The monoisotopic (exact) mass is 350 g/mol. The Morgan fingerprint density at radius 2 is 1.46 bits per heavy atom. The van der Waals surface area contributed by atoms with Gasteiger partial charge in [-0.1, -0.05) is 6.07 Å². The maximum Gasteiger partial charge on any atom is 0.416 e. The Balaban J connectivity index is 2.41. The zero-order valence-electron chi connectivity index (χ0n) is 11.6. The van der Waals surface area contributed by atoms with E-state index in [-0.39, 0.29) is 11.4 Å². The van der Waals surface area contributed by atoms with Crippen molar-refractivity contribution in [3.63, 3.8) is 0 Å². The Bertz CT molecular complexity index is 771. The van der Waals surface area contributed by atoms with Crippen molar-refractivity contribution in [2.24, 2.45) is 0 Å². The predicted molar refractivity (Wildman–Crippen MR) is 72.8 cm³/mol. The Labute approximate surface area is 130 Å². The minimum atomic E-state index is -4.78. The van der Waals surface area contributed by atoms with Gasteiger partial charge in [0, 0.05) is 11.8 Å². The van der Waals surface area contributed by atoms with Gasteiger partial charge in [-0.3, -0.25) is 10.1 Å². The van der Waals surface area contributed by atoms with Crippen LogP contribution < -0.4 is 5.32 Å². The van der Waals surface area contributed by atoms with E-state index in [2.05, 4.69) is 5.32 Å². The molecule has 2 aromatic rings. The molecule has 10 heteroatoms. The first kappa shape index (κ1) is 17.6. The third kappa shape index (κ3) is 3.94. The molecule has 0 aliphatic carbocycles. The third-order valence-electron chi connectivity index (χ3n) is 2.99. The van der Waals surface area contributed by atoms with Gasteiger partial charge in [0.25, 0.3) is 5.69 Å². The van der Waals surface area contributed by atoms with Gasteiger partial charge in [0.1, 0.15) is 5.69 Å². The molecule has 0 saturated carbocycles. The van der Waals surface area contributed by atoms with Crippen LogP contribution in [0.15, 0.2) is 42.5 Å². The van der Waals surface area contributed by atoms with Gasteiger partial charge in [0.05, 0.1) is 16.1 Å². The van der Waals surface area contributed by atoms with E-state index >= 15 is 0 Å². The molecule has 0 unspecified atom stereocenters. The van der Waals surface area contributed by atoms with E-state index in [1.54, 1.807) is 0 Å². The van der Waals surface area contributed by atoms with Crippen LogP contribution >= 0.6 is 0 Å². The number of hydrogen-bond donors (Lipinski definition) is 1. The number of rotatable bonds is 3. The van der Waals surface area contributed by atoms with E-state index in [0.29, 0.717) is 18.2 Å². The fraction of sp³-hybridized carbons (Fsp3) is 0.143. The molecule has 0 aliphatic rings. The largest absolute Gasteiger partial charge is 0.416 e. The van der Waals surface area contributed by atoms with Gasteiger partial charge >= 0.3 is 12.4 Å². The second-order valence-electron chi connectivity index (χ2n) is 4.69. The van der Waals surface area contributed by atoms with E-state index in [9.17, 15) is 36.5 Å². The van der Waals surface area contributed by atoms with Crippen LogP contribution in [0.25, 0.3) is 0 Å². The summed E-state index contributed by atoms with van der Waals surface area (Å²) in [6, 6.07) is 5.48. The predicted octanol–water partition coefficient (Wildman–Crippen LogP) is 5.38. The highest BCUT2D eigenvalue weighted by Crippen LogP contribution is 2.37. The molecular weight excluding hydrogens is 342 g/mol. The number of benzene rings is 2. The molecular formula is C14H8F6N2O2. The maximum atomic E-state index is 12.6. The van der Waals surface area contributed by atoms with Crippen molar-refractivity contribution in [3.05, 3.63) is 63.7 Å². The molecule has 0 aliphatic heterocycles. The molecule has 0 radical (unpaired) electrons. The summed E-state index contributed by atoms with van der Waals surface area (Å²) in [6.07, 6.45) is -9.40. The maximum absolute atomic E-state index is 12.6. The summed E-state index contributed by atoms with van der Waals surface area (Å²) in [6.45, 7) is 0. The van der Waals surface area contributed by atoms with Crippen LogP contribution in [0.5, 0.6) is 0 Å². The van der Waals surface area contributed by atoms with E-state index in [4.69, 9.17) is 0 Å². The number of halogens is 6. The average Bonchev–Trinajstić information content (AvgIpc) is 2.45. The van der Waals surface area contributed by atoms with Gasteiger partial charge in [-0.25, -0.2) is 0 Å². The number of nitro benzene ring substituents is 1. The molecule has 0 bridgehead atoms. The highest BCUT2D eigenvalue weighted by atomic mass is 19.4. The number of hydrogen-bond acceptors (Lipinski definition) is 3. The van der Waals surface area contributed by atoms with Crippen molar-refractivity contribution in [1.29, 1.82) is 0 Å². The number of nitro groups is 1. The standard InChI is InChI=1S/C14H8F6N2O2/c15-13(16,17)8-2-1-3-10(6-8)21-11-5-4-9(14(18,19)20)7-12(11)22(23)24/h1-7,21H. The lowest BCUT2D eigenvalue weighted by Gasteiger charge is -2.12. The second kappa shape index (κ2) is 6.02. The van der Waals surface area contributed by atoms with Crippen LogP contribution in [0.1, 0.15) is 11.1 Å². The van der Waals surface area contributed by atoms with Crippen molar-refractivity contribution in [2.45, 2.75) is 12.4 Å². The quantitative estimate of drug-likeness (QED) is 0.460. The molecule has 2 aromatic carbocycles. The number of nitrogens with one attached hydrogen (secondary N) is 1. The summed E-state index contributed by atoms with van der Waals surface area (Å²) >= 11 is 0. The van der Waals surface area contributed by atoms with Crippen molar-refractivity contribution in [3.8, 4) is 0 Å². The highest BCUT2D eigenvalue weighted by Gasteiger charge is 2.33. The van der Waals surface area contributed by atoms with Crippen LogP contribution in [0, 0.1) is 10.1 Å². The van der Waals surface area contributed by atoms with Crippen molar-refractivity contribution in [1.82, 2.24) is 0 Å². The summed E-state index contributed by atoms with van der Waals surface area (Å²) in [5.74, 6) is 0.